The van der Waals surface area contributed by atoms with Crippen LogP contribution in [0, 0.1) is 0 Å². The number of fused-ring (bicyclic) bond motifs is 1. The molecule has 0 aliphatic carbocycles. The molecule has 2 N–H and O–H groups in total. The highest BCUT2D eigenvalue weighted by molar-refractivity contribution is 5.79. The van der Waals surface area contributed by atoms with Crippen molar-refractivity contribution in [2.45, 2.75) is 12.5 Å². The molecule has 0 bridgehead atoms. The highest BCUT2D eigenvalue weighted by Crippen LogP contribution is 2.29. The quantitative estimate of drug-likeness (QED) is 0.828. The van der Waals surface area contributed by atoms with Gasteiger partial charge in [-0.1, -0.05) is 0 Å². The molecule has 0 spiro atoms. The van der Waals surface area contributed by atoms with E-state index in [9.17, 15) is 5.11 Å². The molecule has 86 valence electrons. The highest BCUT2D eigenvalue weighted by Gasteiger charge is 2.26. The Morgan fingerprint density at radius 2 is 2.12 bits per heavy atom. The Morgan fingerprint density at radius 3 is 2.75 bits per heavy atom. The molecule has 1 atom stereocenters. The number of benzene rings is 1. The second-order valence-corrected chi connectivity index (χ2v) is 3.95. The second kappa shape index (κ2) is 3.81. The third-order valence-corrected chi connectivity index (χ3v) is 2.57. The van der Waals surface area contributed by atoms with E-state index in [0.29, 0.717) is 17.1 Å². The lowest BCUT2D eigenvalue weighted by atomic mass is 10.1. The summed E-state index contributed by atoms with van der Waals surface area (Å²) in [4.78, 5) is 0. The molecule has 0 saturated carbocycles. The number of methoxy groups -OCH3 is 1. The molecule has 0 fully saturated rings. The first-order valence-electron chi connectivity index (χ1n) is 4.98. The van der Waals surface area contributed by atoms with Gasteiger partial charge in [0.15, 0.2) is 0 Å². The Morgan fingerprint density at radius 1 is 1.38 bits per heavy atom. The maximum atomic E-state index is 9.85. The van der Waals surface area contributed by atoms with Gasteiger partial charge < -0.3 is 19.4 Å². The van der Waals surface area contributed by atoms with Crippen molar-refractivity contribution >= 4 is 11.0 Å². The molecule has 0 aliphatic heterocycles. The first-order valence-corrected chi connectivity index (χ1v) is 4.98. The van der Waals surface area contributed by atoms with Crippen LogP contribution in [-0.2, 0) is 5.60 Å². The highest BCUT2D eigenvalue weighted by atomic mass is 16.5. The van der Waals surface area contributed by atoms with Crippen LogP contribution in [-0.4, -0.2) is 23.9 Å². The molecular weight excluding hydrogens is 208 g/mol. The number of hydrogen-bond donors (Lipinski definition) is 2. The van der Waals surface area contributed by atoms with E-state index in [4.69, 9.17) is 14.3 Å². The van der Waals surface area contributed by atoms with E-state index in [-0.39, 0.29) is 6.61 Å². The van der Waals surface area contributed by atoms with Crippen LogP contribution < -0.4 is 4.74 Å². The van der Waals surface area contributed by atoms with Crippen LogP contribution in [0.5, 0.6) is 5.75 Å². The van der Waals surface area contributed by atoms with Gasteiger partial charge in [-0.05, 0) is 25.1 Å². The predicted molar refractivity (Wildman–Crippen MR) is 59.4 cm³/mol. The van der Waals surface area contributed by atoms with Crippen LogP contribution in [0.2, 0.25) is 0 Å². The fourth-order valence-corrected chi connectivity index (χ4v) is 1.48. The van der Waals surface area contributed by atoms with Crippen molar-refractivity contribution in [1.29, 1.82) is 0 Å². The smallest absolute Gasteiger partial charge is 0.142 e. The molecule has 4 heteroatoms. The normalized spacial score (nSPS) is 15.0. The third kappa shape index (κ3) is 1.77. The van der Waals surface area contributed by atoms with E-state index in [1.54, 1.807) is 19.2 Å². The fraction of sp³-hybridized carbons (Fsp3) is 0.333. The van der Waals surface area contributed by atoms with E-state index < -0.39 is 5.60 Å². The van der Waals surface area contributed by atoms with Gasteiger partial charge in [-0.2, -0.15) is 0 Å². The summed E-state index contributed by atoms with van der Waals surface area (Å²) < 4.78 is 10.5. The number of aliphatic hydroxyl groups excluding tert-OH is 1. The first-order chi connectivity index (χ1) is 7.56. The number of hydrogen-bond acceptors (Lipinski definition) is 4. The van der Waals surface area contributed by atoms with Crippen molar-refractivity contribution in [3.63, 3.8) is 0 Å². The van der Waals surface area contributed by atoms with Gasteiger partial charge in [0, 0.05) is 11.5 Å². The molecule has 2 aromatic rings. The molecule has 0 radical (unpaired) electrons. The number of rotatable bonds is 3. The zero-order chi connectivity index (χ0) is 11.8. The predicted octanol–water partition coefficient (Wildman–Crippen LogP) is 1.64. The summed E-state index contributed by atoms with van der Waals surface area (Å²) >= 11 is 0. The van der Waals surface area contributed by atoms with Gasteiger partial charge in [0.25, 0.3) is 0 Å². The van der Waals surface area contributed by atoms with Crippen molar-refractivity contribution in [3.8, 4) is 5.75 Å². The van der Waals surface area contributed by atoms with Gasteiger partial charge in [0.05, 0.1) is 13.7 Å². The lowest BCUT2D eigenvalue weighted by Gasteiger charge is -2.16. The largest absolute Gasteiger partial charge is 0.497 e. The Hall–Kier alpha value is -1.52. The molecule has 1 aromatic carbocycles. The van der Waals surface area contributed by atoms with Crippen LogP contribution in [0.1, 0.15) is 12.7 Å². The standard InChI is InChI=1S/C12H14O4/c1-12(14,7-13)11-5-8-3-4-9(15-2)6-10(8)16-11/h3-6,13-14H,7H2,1-2H3/t12-/m0/s1. The van der Waals surface area contributed by atoms with Crippen molar-refractivity contribution < 1.29 is 19.4 Å². The van der Waals surface area contributed by atoms with Crippen LogP contribution in [0.4, 0.5) is 0 Å². The van der Waals surface area contributed by atoms with E-state index in [0.717, 1.165) is 5.39 Å². The molecular formula is C12H14O4. The fourth-order valence-electron chi connectivity index (χ4n) is 1.48. The maximum Gasteiger partial charge on any atom is 0.142 e. The summed E-state index contributed by atoms with van der Waals surface area (Å²) in [6.07, 6.45) is 0. The minimum atomic E-state index is -1.35. The Kier molecular flexibility index (Phi) is 2.61. The first kappa shape index (κ1) is 11.0. The molecule has 0 saturated heterocycles. The molecule has 4 nitrogen and oxygen atoms in total. The topological polar surface area (TPSA) is 62.8 Å². The van der Waals surface area contributed by atoms with Crippen molar-refractivity contribution in [1.82, 2.24) is 0 Å². The molecule has 16 heavy (non-hydrogen) atoms. The SMILES string of the molecule is COc1ccc2cc([C@@](C)(O)CO)oc2c1. The molecule has 2 rings (SSSR count). The Balaban J connectivity index is 2.52. The summed E-state index contributed by atoms with van der Waals surface area (Å²) in [5, 5.41) is 19.8. The summed E-state index contributed by atoms with van der Waals surface area (Å²) in [5.74, 6) is 1.04. The van der Waals surface area contributed by atoms with E-state index in [1.165, 1.54) is 6.92 Å². The summed E-state index contributed by atoms with van der Waals surface area (Å²) in [6, 6.07) is 7.11. The lowest BCUT2D eigenvalue weighted by Crippen LogP contribution is -2.24. The van der Waals surface area contributed by atoms with Gasteiger partial charge in [0.2, 0.25) is 0 Å². The molecule has 0 aliphatic rings. The zero-order valence-electron chi connectivity index (χ0n) is 9.23. The number of ether oxygens (including phenoxy) is 1. The van der Waals surface area contributed by atoms with Crippen molar-refractivity contribution in [2.75, 3.05) is 13.7 Å². The second-order valence-electron chi connectivity index (χ2n) is 3.95. The van der Waals surface area contributed by atoms with Crippen LogP contribution in [0.3, 0.4) is 0 Å². The Bertz CT molecular complexity index is 499. The summed E-state index contributed by atoms with van der Waals surface area (Å²) in [7, 11) is 1.58. The third-order valence-electron chi connectivity index (χ3n) is 2.57. The van der Waals surface area contributed by atoms with Crippen LogP contribution in [0.25, 0.3) is 11.0 Å². The maximum absolute atomic E-state index is 9.85. The minimum absolute atomic E-state index is 0.346. The van der Waals surface area contributed by atoms with Gasteiger partial charge in [-0.15, -0.1) is 0 Å². The van der Waals surface area contributed by atoms with Crippen LogP contribution >= 0.6 is 0 Å². The van der Waals surface area contributed by atoms with Crippen molar-refractivity contribution in [2.24, 2.45) is 0 Å². The Labute approximate surface area is 93.1 Å². The number of aliphatic hydroxyl groups is 2. The molecule has 1 heterocycles. The van der Waals surface area contributed by atoms with E-state index in [2.05, 4.69) is 0 Å². The van der Waals surface area contributed by atoms with Gasteiger partial charge in [-0.3, -0.25) is 0 Å². The lowest BCUT2D eigenvalue weighted by molar-refractivity contribution is -0.0184. The van der Waals surface area contributed by atoms with Gasteiger partial charge >= 0.3 is 0 Å². The average molecular weight is 222 g/mol. The molecule has 1 aromatic heterocycles. The van der Waals surface area contributed by atoms with Gasteiger partial charge in [0.1, 0.15) is 22.7 Å². The van der Waals surface area contributed by atoms with Gasteiger partial charge in [-0.25, -0.2) is 0 Å². The summed E-state index contributed by atoms with van der Waals surface area (Å²) in [6.45, 7) is 1.12. The zero-order valence-corrected chi connectivity index (χ0v) is 9.23. The molecule has 0 unspecified atom stereocenters. The summed E-state index contributed by atoms with van der Waals surface area (Å²) in [5.41, 5.74) is -0.727. The van der Waals surface area contributed by atoms with E-state index in [1.807, 2.05) is 12.1 Å². The minimum Gasteiger partial charge on any atom is -0.497 e. The number of furan rings is 1. The van der Waals surface area contributed by atoms with Crippen molar-refractivity contribution in [3.05, 3.63) is 30.0 Å². The van der Waals surface area contributed by atoms with E-state index >= 15 is 0 Å². The monoisotopic (exact) mass is 222 g/mol. The van der Waals surface area contributed by atoms with Crippen LogP contribution in [0.15, 0.2) is 28.7 Å². The molecule has 0 amide bonds. The average Bonchev–Trinajstić information content (AvgIpc) is 2.72.